The predicted molar refractivity (Wildman–Crippen MR) is 138 cm³/mol. The van der Waals surface area contributed by atoms with Crippen molar-refractivity contribution in [2.45, 2.75) is 25.5 Å². The van der Waals surface area contributed by atoms with Crippen LogP contribution in [0.1, 0.15) is 29.7 Å². The molecule has 4 aromatic rings. The minimum Gasteiger partial charge on any atom is -0.507 e. The topological polar surface area (TPSA) is 123 Å². The molecule has 0 bridgehead atoms. The van der Waals surface area contributed by atoms with Crippen molar-refractivity contribution in [3.05, 3.63) is 98.9 Å². The molecule has 190 valence electrons. The number of ether oxygens (including phenoxy) is 1. The molecule has 1 fully saturated rings. The second kappa shape index (κ2) is 8.73. The highest BCUT2D eigenvalue weighted by Crippen LogP contribution is 2.45. The molecule has 1 saturated heterocycles. The van der Waals surface area contributed by atoms with E-state index in [9.17, 15) is 29.2 Å². The van der Waals surface area contributed by atoms with Crippen molar-refractivity contribution in [1.82, 2.24) is 4.98 Å². The summed E-state index contributed by atoms with van der Waals surface area (Å²) >= 11 is 1.02. The maximum Gasteiger partial charge on any atom is 0.301 e. The predicted octanol–water partition coefficient (Wildman–Crippen LogP) is 5.29. The van der Waals surface area contributed by atoms with Crippen LogP contribution in [0, 0.1) is 15.9 Å². The van der Waals surface area contributed by atoms with Gasteiger partial charge in [-0.05, 0) is 66.6 Å². The number of hydrogen-bond acceptors (Lipinski definition) is 8. The molecule has 9 nitrogen and oxygen atoms in total. The second-order valence-electron chi connectivity index (χ2n) is 9.08. The summed E-state index contributed by atoms with van der Waals surface area (Å²) in [7, 11) is 0. The number of rotatable bonds is 4. The number of ketones is 1. The lowest BCUT2D eigenvalue weighted by atomic mass is 9.94. The molecular weight excluding hydrogens is 513 g/mol. The molecule has 0 radical (unpaired) electrons. The quantitative estimate of drug-likeness (QED) is 0.125. The number of carbonyl (C=O) groups excluding carboxylic acids is 2. The SMILES string of the molecule is CC1Cc2cc(C(O)=C3C(=O)C(=O)N(c4nc5ccc(F)cc5s4)C3c3ccc([N+](=O)[O-])cc3)ccc2O1. The maximum atomic E-state index is 13.8. The van der Waals surface area contributed by atoms with Crippen LogP contribution in [0.15, 0.2) is 66.2 Å². The minimum atomic E-state index is -1.12. The number of carbonyl (C=O) groups is 2. The van der Waals surface area contributed by atoms with Crippen LogP contribution < -0.4 is 9.64 Å². The summed E-state index contributed by atoms with van der Waals surface area (Å²) in [5, 5.41) is 22.7. The summed E-state index contributed by atoms with van der Waals surface area (Å²) in [6.45, 7) is 1.92. The van der Waals surface area contributed by atoms with Crippen LogP contribution in [0.5, 0.6) is 5.75 Å². The van der Waals surface area contributed by atoms with Gasteiger partial charge in [0.05, 0.1) is 26.8 Å². The molecule has 0 spiro atoms. The van der Waals surface area contributed by atoms with Crippen molar-refractivity contribution in [2.24, 2.45) is 0 Å². The van der Waals surface area contributed by atoms with Crippen molar-refractivity contribution < 1.29 is 28.7 Å². The molecule has 1 N–H and O–H groups in total. The molecule has 0 aliphatic carbocycles. The lowest BCUT2D eigenvalue weighted by Gasteiger charge is -2.23. The number of nitro groups is 1. The third-order valence-corrected chi connectivity index (χ3v) is 7.60. The van der Waals surface area contributed by atoms with Gasteiger partial charge in [0, 0.05) is 24.1 Å². The smallest absolute Gasteiger partial charge is 0.301 e. The molecule has 3 heterocycles. The molecule has 1 amide bonds. The number of non-ortho nitro benzene ring substituents is 1. The van der Waals surface area contributed by atoms with Crippen molar-refractivity contribution in [2.75, 3.05) is 4.90 Å². The van der Waals surface area contributed by atoms with Gasteiger partial charge < -0.3 is 9.84 Å². The highest BCUT2D eigenvalue weighted by molar-refractivity contribution is 7.22. The van der Waals surface area contributed by atoms with Crippen LogP contribution in [-0.4, -0.2) is 32.8 Å². The zero-order chi connectivity index (χ0) is 26.7. The van der Waals surface area contributed by atoms with Gasteiger partial charge in [-0.25, -0.2) is 9.37 Å². The fourth-order valence-electron chi connectivity index (χ4n) is 4.84. The normalized spacial score (nSPS) is 20.1. The number of benzene rings is 3. The minimum absolute atomic E-state index is 0.0306. The monoisotopic (exact) mass is 531 g/mol. The Morgan fingerprint density at radius 3 is 2.66 bits per heavy atom. The average Bonchev–Trinajstić information content (AvgIpc) is 3.55. The van der Waals surface area contributed by atoms with E-state index in [0.29, 0.717) is 33.5 Å². The number of aliphatic hydroxyl groups excluding tert-OH is 1. The first-order valence-corrected chi connectivity index (χ1v) is 12.4. The number of amides is 1. The van der Waals surface area contributed by atoms with Crippen molar-refractivity contribution in [3.8, 4) is 5.75 Å². The van der Waals surface area contributed by atoms with Crippen LogP contribution in [0.3, 0.4) is 0 Å². The van der Waals surface area contributed by atoms with Crippen molar-refractivity contribution in [3.63, 3.8) is 0 Å². The molecule has 2 unspecified atom stereocenters. The van der Waals surface area contributed by atoms with Crippen molar-refractivity contribution >= 4 is 49.8 Å². The number of fused-ring (bicyclic) bond motifs is 2. The van der Waals surface area contributed by atoms with Gasteiger partial charge in [-0.3, -0.25) is 24.6 Å². The molecule has 6 rings (SSSR count). The molecule has 2 aliphatic heterocycles. The summed E-state index contributed by atoms with van der Waals surface area (Å²) in [4.78, 5) is 43.0. The van der Waals surface area contributed by atoms with E-state index in [1.54, 1.807) is 18.2 Å². The highest BCUT2D eigenvalue weighted by Gasteiger charge is 2.48. The molecule has 1 aromatic heterocycles. The first-order valence-electron chi connectivity index (χ1n) is 11.6. The first-order chi connectivity index (χ1) is 18.2. The number of nitro benzene ring substituents is 1. The third kappa shape index (κ3) is 3.79. The van der Waals surface area contributed by atoms with E-state index >= 15 is 0 Å². The van der Waals surface area contributed by atoms with Gasteiger partial charge in [-0.15, -0.1) is 0 Å². The molecule has 0 saturated carbocycles. The molecule has 2 atom stereocenters. The third-order valence-electron chi connectivity index (χ3n) is 6.58. The van der Waals surface area contributed by atoms with Crippen LogP contribution in [0.4, 0.5) is 15.2 Å². The van der Waals surface area contributed by atoms with E-state index < -0.39 is 28.5 Å². The Bertz CT molecular complexity index is 1700. The Morgan fingerprint density at radius 1 is 1.16 bits per heavy atom. The number of hydrogen-bond donors (Lipinski definition) is 1. The standard InChI is InChI=1S/C27H18FN3O6S/c1-13-10-16-11-15(4-9-20(16)37-13)24(32)22-23(14-2-6-18(7-3-14)31(35)36)30(26(34)25(22)33)27-29-19-8-5-17(28)12-21(19)38-27/h2-9,11-13,23,32H,10H2,1H3. The van der Waals surface area contributed by atoms with Crippen LogP contribution >= 0.6 is 11.3 Å². The van der Waals surface area contributed by atoms with Gasteiger partial charge in [-0.2, -0.15) is 0 Å². The summed E-state index contributed by atoms with van der Waals surface area (Å²) in [5.74, 6) is -2.03. The first kappa shape index (κ1) is 23.7. The average molecular weight is 532 g/mol. The summed E-state index contributed by atoms with van der Waals surface area (Å²) in [5.41, 5.74) is 1.63. The lowest BCUT2D eigenvalue weighted by molar-refractivity contribution is -0.384. The van der Waals surface area contributed by atoms with Crippen LogP contribution in [0.25, 0.3) is 16.0 Å². The molecule has 11 heteroatoms. The zero-order valence-electron chi connectivity index (χ0n) is 19.8. The number of aromatic nitrogens is 1. The van der Waals surface area contributed by atoms with E-state index in [0.717, 1.165) is 21.8 Å². The van der Waals surface area contributed by atoms with E-state index in [4.69, 9.17) is 4.74 Å². The van der Waals surface area contributed by atoms with Crippen LogP contribution in [0.2, 0.25) is 0 Å². The number of anilines is 1. The van der Waals surface area contributed by atoms with E-state index in [2.05, 4.69) is 4.98 Å². The Balaban J connectivity index is 1.53. The summed E-state index contributed by atoms with van der Waals surface area (Å²) in [6.07, 6.45) is 0.593. The van der Waals surface area contributed by atoms with Crippen LogP contribution in [-0.2, 0) is 16.0 Å². The Labute approximate surface area is 218 Å². The number of halogens is 1. The lowest BCUT2D eigenvalue weighted by Crippen LogP contribution is -2.29. The molecule has 3 aromatic carbocycles. The summed E-state index contributed by atoms with van der Waals surface area (Å²) < 4.78 is 20.0. The van der Waals surface area contributed by atoms with Crippen molar-refractivity contribution in [1.29, 1.82) is 0 Å². The zero-order valence-corrected chi connectivity index (χ0v) is 20.6. The Hall–Kier alpha value is -4.64. The van der Waals surface area contributed by atoms with E-state index in [1.807, 2.05) is 6.92 Å². The molecule has 2 aliphatic rings. The number of aliphatic hydroxyl groups is 1. The number of nitrogens with zero attached hydrogens (tertiary/aromatic N) is 3. The maximum absolute atomic E-state index is 13.8. The van der Waals surface area contributed by atoms with E-state index in [-0.39, 0.29) is 28.3 Å². The van der Waals surface area contributed by atoms with Gasteiger partial charge in [0.25, 0.3) is 11.5 Å². The number of Topliss-reactive ketones (excluding diaryl/α,β-unsaturated/α-hetero) is 1. The molecule has 38 heavy (non-hydrogen) atoms. The summed E-state index contributed by atoms with van der Waals surface area (Å²) in [6, 6.07) is 13.3. The fourth-order valence-corrected chi connectivity index (χ4v) is 5.85. The van der Waals surface area contributed by atoms with Gasteiger partial charge in [0.15, 0.2) is 5.13 Å². The molecular formula is C27H18FN3O6S. The van der Waals surface area contributed by atoms with Gasteiger partial charge in [0.2, 0.25) is 0 Å². The largest absolute Gasteiger partial charge is 0.507 e. The van der Waals surface area contributed by atoms with Gasteiger partial charge in [0.1, 0.15) is 23.4 Å². The number of thiazole rings is 1. The van der Waals surface area contributed by atoms with Gasteiger partial charge in [-0.1, -0.05) is 11.3 Å². The Kier molecular flexibility index (Phi) is 5.46. The fraction of sp³-hybridized carbons (Fsp3) is 0.148. The van der Waals surface area contributed by atoms with Gasteiger partial charge >= 0.3 is 5.91 Å². The van der Waals surface area contributed by atoms with E-state index in [1.165, 1.54) is 42.5 Å². The highest BCUT2D eigenvalue weighted by atomic mass is 32.1. The Morgan fingerprint density at radius 2 is 1.92 bits per heavy atom. The second-order valence-corrected chi connectivity index (χ2v) is 10.1.